The smallest absolute Gasteiger partial charge is 0.321 e. The van der Waals surface area contributed by atoms with E-state index in [4.69, 9.17) is 0 Å². The molecule has 8 nitrogen and oxygen atoms in total. The number of hydrogen-bond acceptors (Lipinski definition) is 4. The molecule has 0 aliphatic carbocycles. The van der Waals surface area contributed by atoms with Crippen molar-refractivity contribution in [2.75, 3.05) is 25.5 Å². The summed E-state index contributed by atoms with van der Waals surface area (Å²) in [5.41, 5.74) is 0.647. The predicted octanol–water partition coefficient (Wildman–Crippen LogP) is 1.65. The number of pyridine rings is 1. The summed E-state index contributed by atoms with van der Waals surface area (Å²) < 4.78 is 1.66. The van der Waals surface area contributed by atoms with E-state index in [1.54, 1.807) is 41.2 Å². The molecule has 0 unspecified atom stereocenters. The fourth-order valence-corrected chi connectivity index (χ4v) is 2.91. The molecule has 0 saturated carbocycles. The molecule has 0 atom stereocenters. The van der Waals surface area contributed by atoms with Gasteiger partial charge < -0.3 is 15.5 Å². The van der Waals surface area contributed by atoms with Crippen LogP contribution in [0.25, 0.3) is 5.82 Å². The van der Waals surface area contributed by atoms with Gasteiger partial charge in [-0.3, -0.25) is 4.79 Å². The van der Waals surface area contributed by atoms with Crippen molar-refractivity contribution in [3.63, 3.8) is 0 Å². The Morgan fingerprint density at radius 2 is 2.08 bits per heavy atom. The first-order chi connectivity index (χ1) is 12.2. The molecule has 132 valence electrons. The van der Waals surface area contributed by atoms with Crippen molar-refractivity contribution in [1.29, 1.82) is 0 Å². The zero-order valence-electron chi connectivity index (χ0n) is 14.2. The SMILES string of the molecule is CNC(=O)CC1CCN(C(=O)Nc2ccc(-n3cccn3)nc2)CC1. The van der Waals surface area contributed by atoms with Gasteiger partial charge in [0.05, 0.1) is 11.9 Å². The van der Waals surface area contributed by atoms with Crippen molar-refractivity contribution < 1.29 is 9.59 Å². The number of aromatic nitrogens is 3. The lowest BCUT2D eigenvalue weighted by molar-refractivity contribution is -0.121. The number of likely N-dealkylation sites (tertiary alicyclic amines) is 1. The van der Waals surface area contributed by atoms with Crippen molar-refractivity contribution in [3.05, 3.63) is 36.8 Å². The molecule has 25 heavy (non-hydrogen) atoms. The molecule has 1 aliphatic rings. The highest BCUT2D eigenvalue weighted by atomic mass is 16.2. The minimum Gasteiger partial charge on any atom is -0.359 e. The summed E-state index contributed by atoms with van der Waals surface area (Å²) in [5.74, 6) is 1.10. The monoisotopic (exact) mass is 342 g/mol. The number of rotatable bonds is 4. The number of nitrogens with zero attached hydrogens (tertiary/aromatic N) is 4. The van der Waals surface area contributed by atoms with Crippen molar-refractivity contribution in [1.82, 2.24) is 25.0 Å². The molecule has 0 aromatic carbocycles. The van der Waals surface area contributed by atoms with E-state index >= 15 is 0 Å². The van der Waals surface area contributed by atoms with Gasteiger partial charge in [0, 0.05) is 39.0 Å². The second-order valence-electron chi connectivity index (χ2n) is 6.09. The van der Waals surface area contributed by atoms with E-state index in [1.807, 2.05) is 12.3 Å². The summed E-state index contributed by atoms with van der Waals surface area (Å²) in [5, 5.41) is 9.63. The van der Waals surface area contributed by atoms with Crippen LogP contribution < -0.4 is 10.6 Å². The van der Waals surface area contributed by atoms with Crippen LogP contribution in [0.2, 0.25) is 0 Å². The van der Waals surface area contributed by atoms with Gasteiger partial charge >= 0.3 is 6.03 Å². The van der Waals surface area contributed by atoms with Gasteiger partial charge in [0.1, 0.15) is 0 Å². The van der Waals surface area contributed by atoms with E-state index in [-0.39, 0.29) is 11.9 Å². The molecule has 0 spiro atoms. The molecule has 0 bridgehead atoms. The highest BCUT2D eigenvalue weighted by Crippen LogP contribution is 2.21. The molecular formula is C17H22N6O2. The van der Waals surface area contributed by atoms with Crippen LogP contribution in [0.4, 0.5) is 10.5 Å². The number of urea groups is 1. The Bertz CT molecular complexity index is 705. The lowest BCUT2D eigenvalue weighted by Crippen LogP contribution is -2.41. The second kappa shape index (κ2) is 7.78. The zero-order chi connectivity index (χ0) is 17.6. The van der Waals surface area contributed by atoms with E-state index in [1.165, 1.54) is 0 Å². The number of carbonyl (C=O) groups is 2. The molecule has 2 aromatic heterocycles. The van der Waals surface area contributed by atoms with Crippen LogP contribution in [0, 0.1) is 5.92 Å². The Balaban J connectivity index is 1.50. The van der Waals surface area contributed by atoms with Crippen molar-refractivity contribution >= 4 is 17.6 Å². The first-order valence-electron chi connectivity index (χ1n) is 8.38. The van der Waals surface area contributed by atoms with Crippen LogP contribution in [0.3, 0.4) is 0 Å². The summed E-state index contributed by atoms with van der Waals surface area (Å²) in [6.07, 6.45) is 7.33. The number of anilines is 1. The van der Waals surface area contributed by atoms with Gasteiger partial charge in [0.15, 0.2) is 5.82 Å². The Kier molecular flexibility index (Phi) is 5.27. The maximum absolute atomic E-state index is 12.4. The molecule has 1 aliphatic heterocycles. The average molecular weight is 342 g/mol. The third-order valence-electron chi connectivity index (χ3n) is 4.39. The number of carbonyl (C=O) groups excluding carboxylic acids is 2. The van der Waals surface area contributed by atoms with Gasteiger partial charge in [-0.25, -0.2) is 14.5 Å². The maximum atomic E-state index is 12.4. The molecule has 3 heterocycles. The van der Waals surface area contributed by atoms with Gasteiger partial charge in [-0.2, -0.15) is 5.10 Å². The predicted molar refractivity (Wildman–Crippen MR) is 93.4 cm³/mol. The minimum absolute atomic E-state index is 0.0613. The molecule has 3 rings (SSSR count). The van der Waals surface area contributed by atoms with E-state index in [0.717, 1.165) is 12.8 Å². The number of hydrogen-bond donors (Lipinski definition) is 2. The Morgan fingerprint density at radius 3 is 2.68 bits per heavy atom. The van der Waals surface area contributed by atoms with Crippen LogP contribution in [-0.4, -0.2) is 51.7 Å². The third-order valence-corrected chi connectivity index (χ3v) is 4.39. The van der Waals surface area contributed by atoms with E-state index in [0.29, 0.717) is 36.9 Å². The Morgan fingerprint density at radius 1 is 1.28 bits per heavy atom. The normalized spacial score (nSPS) is 15.0. The van der Waals surface area contributed by atoms with Gasteiger partial charge in [-0.15, -0.1) is 0 Å². The highest BCUT2D eigenvalue weighted by molar-refractivity contribution is 5.89. The van der Waals surface area contributed by atoms with Gasteiger partial charge in [-0.1, -0.05) is 0 Å². The molecule has 1 saturated heterocycles. The maximum Gasteiger partial charge on any atom is 0.321 e. The van der Waals surface area contributed by atoms with Crippen LogP contribution in [0.5, 0.6) is 0 Å². The standard InChI is InChI=1S/C17H22N6O2/c1-18-16(24)11-13-5-9-22(10-6-13)17(25)21-14-3-4-15(19-12-14)23-8-2-7-20-23/h2-4,7-8,12-13H,5-6,9-11H2,1H3,(H,18,24)(H,21,25). The topological polar surface area (TPSA) is 92.2 Å². The lowest BCUT2D eigenvalue weighted by atomic mass is 9.93. The quantitative estimate of drug-likeness (QED) is 0.884. The molecule has 8 heteroatoms. The fraction of sp³-hybridized carbons (Fsp3) is 0.412. The van der Waals surface area contributed by atoms with Crippen LogP contribution in [-0.2, 0) is 4.79 Å². The summed E-state index contributed by atoms with van der Waals surface area (Å²) in [7, 11) is 1.65. The first kappa shape index (κ1) is 16.9. The van der Waals surface area contributed by atoms with E-state index < -0.39 is 0 Å². The Hall–Kier alpha value is -2.90. The largest absolute Gasteiger partial charge is 0.359 e. The highest BCUT2D eigenvalue weighted by Gasteiger charge is 2.24. The van der Waals surface area contributed by atoms with Gasteiger partial charge in [-0.05, 0) is 37.0 Å². The molecule has 0 radical (unpaired) electrons. The molecule has 2 N–H and O–H groups in total. The molecule has 3 amide bonds. The van der Waals surface area contributed by atoms with Crippen LogP contribution >= 0.6 is 0 Å². The van der Waals surface area contributed by atoms with Gasteiger partial charge in [0.25, 0.3) is 0 Å². The number of amides is 3. The zero-order valence-corrected chi connectivity index (χ0v) is 14.2. The second-order valence-corrected chi connectivity index (χ2v) is 6.09. The first-order valence-corrected chi connectivity index (χ1v) is 8.38. The minimum atomic E-state index is -0.132. The Labute approximate surface area is 146 Å². The number of piperidine rings is 1. The van der Waals surface area contributed by atoms with Crippen molar-refractivity contribution in [2.24, 2.45) is 5.92 Å². The van der Waals surface area contributed by atoms with Gasteiger partial charge in [0.2, 0.25) is 5.91 Å². The molecular weight excluding hydrogens is 320 g/mol. The van der Waals surface area contributed by atoms with Crippen LogP contribution in [0.15, 0.2) is 36.8 Å². The summed E-state index contributed by atoms with van der Waals surface area (Å²) >= 11 is 0. The van der Waals surface area contributed by atoms with E-state index in [9.17, 15) is 9.59 Å². The van der Waals surface area contributed by atoms with Crippen molar-refractivity contribution in [3.8, 4) is 5.82 Å². The number of nitrogens with one attached hydrogen (secondary N) is 2. The molecule has 1 fully saturated rings. The summed E-state index contributed by atoms with van der Waals surface area (Å²) in [6.45, 7) is 1.32. The summed E-state index contributed by atoms with van der Waals surface area (Å²) in [4.78, 5) is 29.9. The van der Waals surface area contributed by atoms with Crippen LogP contribution in [0.1, 0.15) is 19.3 Å². The average Bonchev–Trinajstić information content (AvgIpc) is 3.17. The third kappa shape index (κ3) is 4.34. The lowest BCUT2D eigenvalue weighted by Gasteiger charge is -2.31. The fourth-order valence-electron chi connectivity index (χ4n) is 2.91. The van der Waals surface area contributed by atoms with Crippen molar-refractivity contribution in [2.45, 2.75) is 19.3 Å². The summed E-state index contributed by atoms with van der Waals surface area (Å²) in [6, 6.07) is 5.30. The van der Waals surface area contributed by atoms with E-state index in [2.05, 4.69) is 20.7 Å². The molecule has 2 aromatic rings.